The molecule has 0 spiro atoms. The highest BCUT2D eigenvalue weighted by atomic mass is 19.1. The lowest BCUT2D eigenvalue weighted by Gasteiger charge is -2.07. The zero-order valence-electron chi connectivity index (χ0n) is 11.8. The van der Waals surface area contributed by atoms with Crippen LogP contribution in [0.25, 0.3) is 11.0 Å². The molecule has 0 amide bonds. The van der Waals surface area contributed by atoms with Gasteiger partial charge in [0.2, 0.25) is 0 Å². The van der Waals surface area contributed by atoms with Crippen LogP contribution in [0, 0.1) is 12.7 Å². The summed E-state index contributed by atoms with van der Waals surface area (Å²) >= 11 is 0. The van der Waals surface area contributed by atoms with Gasteiger partial charge in [-0.1, -0.05) is 6.07 Å². The molecule has 0 aliphatic heterocycles. The Labute approximate surface area is 121 Å². The molecular formula is C16H15FN2O2. The number of imidazole rings is 1. The minimum Gasteiger partial charge on any atom is -0.457 e. The zero-order valence-corrected chi connectivity index (χ0v) is 11.8. The van der Waals surface area contributed by atoms with Gasteiger partial charge in [-0.2, -0.15) is 0 Å². The fourth-order valence-electron chi connectivity index (χ4n) is 2.20. The molecule has 3 aromatic rings. The standard InChI is InChI=1S/C16H15FN2O2/c1-10-3-4-11(7-13(10)17)21-12-5-6-14-15(8-12)19(2)16(9-20)18-14/h3-8,20H,9H2,1-2H3. The molecule has 3 rings (SSSR count). The number of rotatable bonds is 3. The summed E-state index contributed by atoms with van der Waals surface area (Å²) < 4.78 is 21.0. The monoisotopic (exact) mass is 286 g/mol. The van der Waals surface area contributed by atoms with Crippen LogP contribution in [0.1, 0.15) is 11.4 Å². The molecule has 0 saturated heterocycles. The minimum absolute atomic E-state index is 0.120. The maximum Gasteiger partial charge on any atom is 0.135 e. The third-order valence-corrected chi connectivity index (χ3v) is 3.47. The highest BCUT2D eigenvalue weighted by molar-refractivity contribution is 5.77. The van der Waals surface area contributed by atoms with Gasteiger partial charge in [0.1, 0.15) is 29.7 Å². The van der Waals surface area contributed by atoms with Gasteiger partial charge in [-0.25, -0.2) is 9.37 Å². The summed E-state index contributed by atoms with van der Waals surface area (Å²) in [7, 11) is 1.83. The molecule has 5 heteroatoms. The van der Waals surface area contributed by atoms with Crippen molar-refractivity contribution in [2.24, 2.45) is 7.05 Å². The zero-order chi connectivity index (χ0) is 15.0. The first-order valence-corrected chi connectivity index (χ1v) is 6.58. The Hall–Kier alpha value is -2.40. The summed E-state index contributed by atoms with van der Waals surface area (Å²) in [6, 6.07) is 10.2. The molecule has 0 atom stereocenters. The van der Waals surface area contributed by atoms with Crippen LogP contribution in [0.2, 0.25) is 0 Å². The Bertz CT molecular complexity index is 811. The summed E-state index contributed by atoms with van der Waals surface area (Å²) in [6.45, 7) is 1.59. The van der Waals surface area contributed by atoms with Crippen molar-refractivity contribution >= 4 is 11.0 Å². The first kappa shape index (κ1) is 13.6. The van der Waals surface area contributed by atoms with Crippen molar-refractivity contribution in [1.29, 1.82) is 0 Å². The van der Waals surface area contributed by atoms with E-state index in [1.165, 1.54) is 6.07 Å². The van der Waals surface area contributed by atoms with E-state index in [1.54, 1.807) is 29.7 Å². The van der Waals surface area contributed by atoms with Crippen LogP contribution in [-0.2, 0) is 13.7 Å². The SMILES string of the molecule is Cc1ccc(Oc2ccc3nc(CO)n(C)c3c2)cc1F. The van der Waals surface area contributed by atoms with Gasteiger partial charge in [0.15, 0.2) is 0 Å². The van der Waals surface area contributed by atoms with Crippen LogP contribution < -0.4 is 4.74 Å². The van der Waals surface area contributed by atoms with E-state index in [9.17, 15) is 9.50 Å². The largest absolute Gasteiger partial charge is 0.457 e. The van der Waals surface area contributed by atoms with Gasteiger partial charge in [0, 0.05) is 19.2 Å². The Balaban J connectivity index is 1.97. The lowest BCUT2D eigenvalue weighted by atomic mass is 10.2. The van der Waals surface area contributed by atoms with Crippen molar-refractivity contribution in [1.82, 2.24) is 9.55 Å². The van der Waals surface area contributed by atoms with E-state index < -0.39 is 0 Å². The van der Waals surface area contributed by atoms with Gasteiger partial charge >= 0.3 is 0 Å². The number of ether oxygens (including phenoxy) is 1. The Morgan fingerprint density at radius 3 is 2.62 bits per heavy atom. The van der Waals surface area contributed by atoms with Gasteiger partial charge in [-0.3, -0.25) is 0 Å². The molecule has 1 N–H and O–H groups in total. The normalized spacial score (nSPS) is 11.0. The smallest absolute Gasteiger partial charge is 0.135 e. The third-order valence-electron chi connectivity index (χ3n) is 3.47. The van der Waals surface area contributed by atoms with Crippen molar-refractivity contribution in [3.63, 3.8) is 0 Å². The second-order valence-electron chi connectivity index (χ2n) is 4.91. The van der Waals surface area contributed by atoms with Crippen LogP contribution >= 0.6 is 0 Å². The highest BCUT2D eigenvalue weighted by Gasteiger charge is 2.09. The molecule has 4 nitrogen and oxygen atoms in total. The lowest BCUT2D eigenvalue weighted by Crippen LogP contribution is -1.96. The van der Waals surface area contributed by atoms with Crippen LogP contribution in [0.5, 0.6) is 11.5 Å². The molecule has 108 valence electrons. The highest BCUT2D eigenvalue weighted by Crippen LogP contribution is 2.27. The van der Waals surface area contributed by atoms with E-state index >= 15 is 0 Å². The predicted octanol–water partition coefficient (Wildman–Crippen LogP) is 3.31. The molecule has 0 unspecified atom stereocenters. The molecule has 1 aromatic heterocycles. The van der Waals surface area contributed by atoms with Crippen LogP contribution in [0.15, 0.2) is 36.4 Å². The summed E-state index contributed by atoms with van der Waals surface area (Å²) in [4.78, 5) is 4.30. The topological polar surface area (TPSA) is 47.3 Å². The number of hydrogen-bond acceptors (Lipinski definition) is 3. The van der Waals surface area contributed by atoms with E-state index in [2.05, 4.69) is 4.98 Å². The molecule has 0 fully saturated rings. The first-order chi connectivity index (χ1) is 10.1. The van der Waals surface area contributed by atoms with Gasteiger partial charge in [0.05, 0.1) is 11.0 Å². The molecule has 21 heavy (non-hydrogen) atoms. The van der Waals surface area contributed by atoms with Crippen molar-refractivity contribution < 1.29 is 14.2 Å². The van der Waals surface area contributed by atoms with E-state index in [0.29, 0.717) is 22.9 Å². The molecule has 0 saturated carbocycles. The fourth-order valence-corrected chi connectivity index (χ4v) is 2.20. The molecule has 2 aromatic carbocycles. The maximum atomic E-state index is 13.5. The van der Waals surface area contributed by atoms with E-state index in [-0.39, 0.29) is 12.4 Å². The molecule has 1 heterocycles. The van der Waals surface area contributed by atoms with Crippen molar-refractivity contribution in [3.05, 3.63) is 53.6 Å². The number of aromatic nitrogens is 2. The van der Waals surface area contributed by atoms with E-state index in [1.807, 2.05) is 19.2 Å². The Morgan fingerprint density at radius 2 is 1.90 bits per heavy atom. The van der Waals surface area contributed by atoms with Crippen LogP contribution in [-0.4, -0.2) is 14.7 Å². The summed E-state index contributed by atoms with van der Waals surface area (Å²) in [5.41, 5.74) is 2.21. The predicted molar refractivity (Wildman–Crippen MR) is 77.8 cm³/mol. The number of aryl methyl sites for hydroxylation is 2. The molecule has 0 radical (unpaired) electrons. The van der Waals surface area contributed by atoms with Gasteiger partial charge in [0.25, 0.3) is 0 Å². The summed E-state index contributed by atoms with van der Waals surface area (Å²) in [5.74, 6) is 1.33. The fraction of sp³-hybridized carbons (Fsp3) is 0.188. The number of halogens is 1. The average Bonchev–Trinajstić information content (AvgIpc) is 2.79. The molecule has 0 bridgehead atoms. The van der Waals surface area contributed by atoms with Crippen LogP contribution in [0.3, 0.4) is 0 Å². The Kier molecular flexibility index (Phi) is 3.35. The third kappa shape index (κ3) is 2.48. The summed E-state index contributed by atoms with van der Waals surface area (Å²) in [6.07, 6.45) is 0. The van der Waals surface area contributed by atoms with Crippen molar-refractivity contribution in [2.75, 3.05) is 0 Å². The first-order valence-electron chi connectivity index (χ1n) is 6.58. The number of fused-ring (bicyclic) bond motifs is 1. The molecular weight excluding hydrogens is 271 g/mol. The van der Waals surface area contributed by atoms with E-state index in [0.717, 1.165) is 11.0 Å². The minimum atomic E-state index is -0.295. The summed E-state index contributed by atoms with van der Waals surface area (Å²) in [5, 5.41) is 9.22. The van der Waals surface area contributed by atoms with Crippen LogP contribution in [0.4, 0.5) is 4.39 Å². The number of nitrogens with zero attached hydrogens (tertiary/aromatic N) is 2. The second kappa shape index (κ2) is 5.18. The average molecular weight is 286 g/mol. The number of aliphatic hydroxyl groups excluding tert-OH is 1. The number of hydrogen-bond donors (Lipinski definition) is 1. The molecule has 0 aliphatic rings. The van der Waals surface area contributed by atoms with Gasteiger partial charge in [-0.05, 0) is 30.7 Å². The van der Waals surface area contributed by atoms with Crippen molar-refractivity contribution in [3.8, 4) is 11.5 Å². The van der Waals surface area contributed by atoms with E-state index in [4.69, 9.17) is 4.74 Å². The number of aliphatic hydroxyl groups is 1. The second-order valence-corrected chi connectivity index (χ2v) is 4.91. The Morgan fingerprint density at radius 1 is 1.19 bits per heavy atom. The quantitative estimate of drug-likeness (QED) is 0.803. The number of benzene rings is 2. The van der Waals surface area contributed by atoms with Gasteiger partial charge < -0.3 is 14.4 Å². The maximum absolute atomic E-state index is 13.5. The van der Waals surface area contributed by atoms with Crippen molar-refractivity contribution in [2.45, 2.75) is 13.5 Å². The lowest BCUT2D eigenvalue weighted by molar-refractivity contribution is 0.268. The van der Waals surface area contributed by atoms with Gasteiger partial charge in [-0.15, -0.1) is 0 Å². The molecule has 0 aliphatic carbocycles.